The summed E-state index contributed by atoms with van der Waals surface area (Å²) in [6.07, 6.45) is 2.67. The second kappa shape index (κ2) is 7.69. The van der Waals surface area contributed by atoms with Crippen LogP contribution in [0.15, 0.2) is 73.8 Å². The van der Waals surface area contributed by atoms with Crippen LogP contribution in [0.25, 0.3) is 0 Å². The zero-order valence-corrected chi connectivity index (χ0v) is 18.0. The Morgan fingerprint density at radius 2 is 1.15 bits per heavy atom. The molecule has 0 radical (unpaired) electrons. The third-order valence-electron chi connectivity index (χ3n) is 6.44. The number of hydrogen-bond acceptors (Lipinski definition) is 8. The van der Waals surface area contributed by atoms with E-state index in [0.717, 1.165) is 0 Å². The molecule has 0 unspecified atom stereocenters. The molecule has 34 heavy (non-hydrogen) atoms. The van der Waals surface area contributed by atoms with Crippen LogP contribution in [0, 0.1) is 11.8 Å². The van der Waals surface area contributed by atoms with Crippen LogP contribution in [0.2, 0.25) is 0 Å². The van der Waals surface area contributed by atoms with E-state index in [9.17, 15) is 19.2 Å². The number of fused-ring (bicyclic) bond motifs is 6. The van der Waals surface area contributed by atoms with Crippen LogP contribution in [-0.2, 0) is 19.1 Å². The summed E-state index contributed by atoms with van der Waals surface area (Å²) in [5.74, 6) is -5.68. The molecule has 5 rings (SSSR count). The number of hydrogen-bond donors (Lipinski definition) is 0. The maximum absolute atomic E-state index is 13.7. The summed E-state index contributed by atoms with van der Waals surface area (Å²) in [6.45, 7) is 6.65. The molecule has 2 aromatic carbocycles. The fourth-order valence-electron chi connectivity index (χ4n) is 5.11. The average molecular weight is 460 g/mol. The van der Waals surface area contributed by atoms with Crippen molar-refractivity contribution >= 4 is 23.5 Å². The maximum atomic E-state index is 13.7. The molecule has 2 heterocycles. The van der Waals surface area contributed by atoms with E-state index < -0.39 is 46.5 Å². The Morgan fingerprint density at radius 3 is 1.53 bits per heavy atom. The van der Waals surface area contributed by atoms with Crippen LogP contribution >= 0.6 is 0 Å². The lowest BCUT2D eigenvalue weighted by atomic mass is 9.45. The molecule has 0 spiro atoms. The molecule has 8 heteroatoms. The highest BCUT2D eigenvalue weighted by Crippen LogP contribution is 2.64. The van der Waals surface area contributed by atoms with Crippen LogP contribution in [0.4, 0.5) is 0 Å². The second-order valence-electron chi connectivity index (χ2n) is 8.13. The molecule has 1 fully saturated rings. The first-order chi connectivity index (χ1) is 16.4. The predicted octanol–water partition coefficient (Wildman–Crippen LogP) is 2.72. The van der Waals surface area contributed by atoms with E-state index in [1.54, 1.807) is 24.3 Å². The van der Waals surface area contributed by atoms with Gasteiger partial charge in [0.25, 0.3) is 11.2 Å². The first kappa shape index (κ1) is 21.6. The van der Waals surface area contributed by atoms with Crippen molar-refractivity contribution in [1.82, 2.24) is 0 Å². The van der Waals surface area contributed by atoms with Crippen molar-refractivity contribution in [2.45, 2.75) is 11.2 Å². The summed E-state index contributed by atoms with van der Waals surface area (Å²) in [7, 11) is 0. The van der Waals surface area contributed by atoms with E-state index in [4.69, 9.17) is 18.9 Å². The van der Waals surface area contributed by atoms with Crippen LogP contribution in [0.3, 0.4) is 0 Å². The molecule has 0 N–H and O–H groups in total. The molecule has 0 amide bonds. The first-order valence-electron chi connectivity index (χ1n) is 10.6. The minimum atomic E-state index is -2.28. The van der Waals surface area contributed by atoms with Crippen LogP contribution in [-0.4, -0.2) is 47.9 Å². The lowest BCUT2D eigenvalue weighted by molar-refractivity contribution is -0.260. The zero-order valence-electron chi connectivity index (χ0n) is 18.0. The number of benzene rings is 2. The molecule has 1 aliphatic carbocycles. The van der Waals surface area contributed by atoms with Crippen molar-refractivity contribution in [3.8, 4) is 11.5 Å². The minimum absolute atomic E-state index is 0.0727. The van der Waals surface area contributed by atoms with Gasteiger partial charge in [0.15, 0.2) is 11.6 Å². The normalized spacial score (nSPS) is 27.8. The van der Waals surface area contributed by atoms with Gasteiger partial charge in [-0.05, 0) is 24.3 Å². The molecule has 0 bridgehead atoms. The van der Waals surface area contributed by atoms with E-state index in [1.807, 2.05) is 0 Å². The van der Waals surface area contributed by atoms with Gasteiger partial charge in [-0.2, -0.15) is 0 Å². The summed E-state index contributed by atoms with van der Waals surface area (Å²) in [4.78, 5) is 54.5. The Morgan fingerprint density at radius 1 is 0.765 bits per heavy atom. The highest BCUT2D eigenvalue weighted by molar-refractivity contribution is 6.19. The van der Waals surface area contributed by atoms with Gasteiger partial charge >= 0.3 is 11.9 Å². The van der Waals surface area contributed by atoms with E-state index in [1.165, 1.54) is 36.4 Å². The van der Waals surface area contributed by atoms with Gasteiger partial charge in [-0.3, -0.25) is 9.59 Å². The van der Waals surface area contributed by atoms with Gasteiger partial charge in [0, 0.05) is 0 Å². The van der Waals surface area contributed by atoms with Gasteiger partial charge in [0.2, 0.25) is 0 Å². The quantitative estimate of drug-likeness (QED) is 0.479. The van der Waals surface area contributed by atoms with Gasteiger partial charge < -0.3 is 18.9 Å². The predicted molar refractivity (Wildman–Crippen MR) is 118 cm³/mol. The van der Waals surface area contributed by atoms with E-state index in [0.29, 0.717) is 0 Å². The summed E-state index contributed by atoms with van der Waals surface area (Å²) < 4.78 is 22.9. The topological polar surface area (TPSA) is 105 Å². The van der Waals surface area contributed by atoms with Crippen molar-refractivity contribution in [2.24, 2.45) is 11.8 Å². The maximum Gasteiger partial charge on any atom is 0.356 e. The third-order valence-corrected chi connectivity index (χ3v) is 6.44. The van der Waals surface area contributed by atoms with Crippen LogP contribution in [0.5, 0.6) is 11.5 Å². The lowest BCUT2D eigenvalue weighted by Crippen LogP contribution is -2.90. The van der Waals surface area contributed by atoms with Crippen LogP contribution in [0.1, 0.15) is 20.7 Å². The molecule has 1 saturated carbocycles. The number of ether oxygens (including phenoxy) is 4. The summed E-state index contributed by atoms with van der Waals surface area (Å²) in [5.41, 5.74) is -4.18. The van der Waals surface area contributed by atoms with Gasteiger partial charge in [-0.25, -0.2) is 9.59 Å². The fraction of sp³-hybridized carbons (Fsp3) is 0.231. The SMILES string of the molecule is C=CCOC(=O)[C@]12Oc3ccccc3C(=O)[C@H]1[C@@H]1C(=O)c3ccccc3O[C@@]12C(=O)OCC=C. The number of ketones is 2. The third kappa shape index (κ3) is 2.53. The molecule has 8 nitrogen and oxygen atoms in total. The molecular weight excluding hydrogens is 440 g/mol. The molecule has 2 aromatic rings. The van der Waals surface area contributed by atoms with Gasteiger partial charge in [-0.15, -0.1) is 0 Å². The molecule has 2 aliphatic heterocycles. The number of para-hydroxylation sites is 2. The largest absolute Gasteiger partial charge is 0.469 e. The molecule has 0 saturated heterocycles. The highest BCUT2D eigenvalue weighted by Gasteiger charge is 2.90. The Hall–Kier alpha value is -4.20. The van der Waals surface area contributed by atoms with Crippen molar-refractivity contribution in [1.29, 1.82) is 0 Å². The smallest absolute Gasteiger partial charge is 0.356 e. The monoisotopic (exact) mass is 460 g/mol. The van der Waals surface area contributed by atoms with Crippen molar-refractivity contribution < 1.29 is 38.1 Å². The first-order valence-corrected chi connectivity index (χ1v) is 10.6. The number of esters is 2. The van der Waals surface area contributed by atoms with Crippen molar-refractivity contribution in [2.75, 3.05) is 13.2 Å². The molecule has 4 atom stereocenters. The number of rotatable bonds is 6. The summed E-state index contributed by atoms with van der Waals surface area (Å²) in [5, 5.41) is 0. The minimum Gasteiger partial charge on any atom is -0.469 e. The lowest BCUT2D eigenvalue weighted by Gasteiger charge is -2.64. The Kier molecular flexibility index (Phi) is 4.89. The zero-order chi connectivity index (χ0) is 24.1. The fourth-order valence-corrected chi connectivity index (χ4v) is 5.11. The number of Topliss-reactive ketones (excluding diaryl/α,β-unsaturated/α-hetero) is 2. The van der Waals surface area contributed by atoms with Gasteiger partial charge in [0.1, 0.15) is 24.7 Å². The number of carbonyl (C=O) groups is 4. The molecule has 3 aliphatic rings. The number of carbonyl (C=O) groups excluding carboxylic acids is 4. The van der Waals surface area contributed by atoms with Crippen molar-refractivity contribution in [3.05, 3.63) is 85.0 Å². The Bertz CT molecular complexity index is 1170. The van der Waals surface area contributed by atoms with Gasteiger partial charge in [0.05, 0.1) is 23.0 Å². The van der Waals surface area contributed by atoms with Crippen molar-refractivity contribution in [3.63, 3.8) is 0 Å². The van der Waals surface area contributed by atoms with E-state index in [-0.39, 0.29) is 35.8 Å². The van der Waals surface area contributed by atoms with E-state index >= 15 is 0 Å². The Labute approximate surface area is 194 Å². The molecule has 0 aromatic heterocycles. The summed E-state index contributed by atoms with van der Waals surface area (Å²) >= 11 is 0. The summed E-state index contributed by atoms with van der Waals surface area (Å²) in [6, 6.07) is 12.6. The highest BCUT2D eigenvalue weighted by atomic mass is 16.6. The van der Waals surface area contributed by atoms with Gasteiger partial charge in [-0.1, -0.05) is 49.6 Å². The molecular formula is C26H20O8. The molecule has 172 valence electrons. The average Bonchev–Trinajstić information content (AvgIpc) is 2.85. The second-order valence-corrected chi connectivity index (χ2v) is 8.13. The van der Waals surface area contributed by atoms with E-state index in [2.05, 4.69) is 13.2 Å². The van der Waals surface area contributed by atoms with Crippen LogP contribution < -0.4 is 9.47 Å². The Balaban J connectivity index is 1.77. The standard InChI is InChI=1S/C26H20O8/c1-3-13-31-23(29)25-19(21(27)15-9-5-7-11-17(15)33-25)20-22(28)16-10-6-8-12-18(16)34-26(20,25)24(30)32-14-4-2/h3-12,19-20H,1-2,13-14H2/t19-,20-,25-,26-/m1/s1.